The van der Waals surface area contributed by atoms with Crippen LogP contribution in [-0.4, -0.2) is 31.4 Å². The maximum absolute atomic E-state index is 14.3. The van der Waals surface area contributed by atoms with Gasteiger partial charge in [-0.05, 0) is 48.0 Å². The van der Waals surface area contributed by atoms with Crippen LogP contribution in [-0.2, 0) is 0 Å². The maximum Gasteiger partial charge on any atom is 0.278 e. The first-order chi connectivity index (χ1) is 15.9. The molecule has 0 saturated carbocycles. The Balaban J connectivity index is 2.10. The van der Waals surface area contributed by atoms with Crippen LogP contribution < -0.4 is 15.4 Å². The molecule has 3 aromatic rings. The Bertz CT molecular complexity index is 1240. The van der Waals surface area contributed by atoms with Gasteiger partial charge >= 0.3 is 0 Å². The molecule has 3 aromatic carbocycles. The van der Waals surface area contributed by atoms with Crippen molar-refractivity contribution in [2.75, 3.05) is 18.6 Å². The molecule has 0 atom stereocenters. The van der Waals surface area contributed by atoms with Crippen LogP contribution in [0.5, 0.6) is 5.75 Å². The number of primary amides is 1. The highest BCUT2D eigenvalue weighted by molar-refractivity contribution is 6.34. The Hall–Kier alpha value is -3.23. The van der Waals surface area contributed by atoms with Crippen molar-refractivity contribution < 1.29 is 27.5 Å². The highest BCUT2D eigenvalue weighted by atomic mass is 35.5. The molecule has 0 aromatic heterocycles. The topological polar surface area (TPSA) is 72.6 Å². The van der Waals surface area contributed by atoms with E-state index >= 15 is 0 Å². The van der Waals surface area contributed by atoms with Crippen molar-refractivity contribution in [3.8, 4) is 16.9 Å². The van der Waals surface area contributed by atoms with E-state index in [1.165, 1.54) is 49.5 Å². The molecule has 0 saturated heterocycles. The molecule has 2 N–H and O–H groups in total. The molecule has 0 heterocycles. The van der Waals surface area contributed by atoms with E-state index in [0.29, 0.717) is 18.1 Å². The number of benzene rings is 3. The number of nitrogens with two attached hydrogens (primary N) is 1. The number of anilines is 1. The largest absolute Gasteiger partial charge is 0.485 e. The number of halogens is 5. The number of amides is 2. The van der Waals surface area contributed by atoms with Crippen LogP contribution in [0.1, 0.15) is 27.6 Å². The first-order valence-electron chi connectivity index (χ1n) is 9.85. The molecular formula is C24H19Cl2F3N2O3. The van der Waals surface area contributed by atoms with Crippen LogP contribution in [0.3, 0.4) is 0 Å². The van der Waals surface area contributed by atoms with Crippen molar-refractivity contribution in [3.63, 3.8) is 0 Å². The molecule has 34 heavy (non-hydrogen) atoms. The summed E-state index contributed by atoms with van der Waals surface area (Å²) in [6.07, 6.45) is 0. The average molecular weight is 511 g/mol. The number of rotatable bonds is 7. The lowest BCUT2D eigenvalue weighted by atomic mass is 10.0. The number of nitrogens with zero attached hydrogens (tertiary/aromatic N) is 1. The van der Waals surface area contributed by atoms with Crippen molar-refractivity contribution in [2.45, 2.75) is 12.8 Å². The third kappa shape index (κ3) is 5.63. The average Bonchev–Trinajstić information content (AvgIpc) is 2.76. The van der Waals surface area contributed by atoms with Crippen LogP contribution >= 0.6 is 23.2 Å². The van der Waals surface area contributed by atoms with Gasteiger partial charge < -0.3 is 15.4 Å². The number of carbonyl (C=O) groups excluding carboxylic acids is 2. The molecule has 3 rings (SSSR count). The normalized spacial score (nSPS) is 11.3. The number of hydrogen-bond donors (Lipinski definition) is 1. The van der Waals surface area contributed by atoms with Crippen LogP contribution in [0, 0.1) is 5.82 Å². The minimum absolute atomic E-state index is 0.0829. The molecule has 0 aliphatic rings. The molecule has 178 valence electrons. The van der Waals surface area contributed by atoms with Crippen LogP contribution in [0.25, 0.3) is 11.1 Å². The summed E-state index contributed by atoms with van der Waals surface area (Å²) in [5.41, 5.74) is 6.04. The van der Waals surface area contributed by atoms with Gasteiger partial charge in [-0.3, -0.25) is 9.59 Å². The summed E-state index contributed by atoms with van der Waals surface area (Å²) < 4.78 is 46.8. The van der Waals surface area contributed by atoms with Crippen LogP contribution in [0.4, 0.5) is 18.9 Å². The third-order valence-electron chi connectivity index (χ3n) is 4.85. The fourth-order valence-corrected chi connectivity index (χ4v) is 3.63. The Morgan fingerprint density at radius 1 is 1.06 bits per heavy atom. The molecule has 2 amide bonds. The SMILES string of the molecule is CN(C(=O)c1c(F)cccc1Cl)c1ccc(-c2cc(C(N)=O)ccc2Cl)cc1OCC(C)(F)F. The van der Waals surface area contributed by atoms with Crippen molar-refractivity contribution >= 4 is 40.7 Å². The van der Waals surface area contributed by atoms with E-state index in [1.807, 2.05) is 0 Å². The van der Waals surface area contributed by atoms with Crippen molar-refractivity contribution in [2.24, 2.45) is 5.73 Å². The van der Waals surface area contributed by atoms with E-state index in [4.69, 9.17) is 33.7 Å². The molecular weight excluding hydrogens is 492 g/mol. The fourth-order valence-electron chi connectivity index (χ4n) is 3.16. The zero-order valence-corrected chi connectivity index (χ0v) is 19.6. The summed E-state index contributed by atoms with van der Waals surface area (Å²) in [5, 5.41) is 0.165. The van der Waals surface area contributed by atoms with E-state index in [-0.39, 0.29) is 32.6 Å². The van der Waals surface area contributed by atoms with Crippen molar-refractivity contribution in [1.82, 2.24) is 0 Å². The minimum atomic E-state index is -3.17. The second kappa shape index (κ2) is 9.95. The van der Waals surface area contributed by atoms with Gasteiger partial charge in [0.25, 0.3) is 11.8 Å². The minimum Gasteiger partial charge on any atom is -0.485 e. The lowest BCUT2D eigenvalue weighted by molar-refractivity contribution is -0.0227. The zero-order chi connectivity index (χ0) is 25.2. The first-order valence-corrected chi connectivity index (χ1v) is 10.6. The monoisotopic (exact) mass is 510 g/mol. The summed E-state index contributed by atoms with van der Waals surface area (Å²) >= 11 is 12.3. The molecule has 0 spiro atoms. The van der Waals surface area contributed by atoms with E-state index < -0.39 is 30.2 Å². The van der Waals surface area contributed by atoms with Crippen LogP contribution in [0.15, 0.2) is 54.6 Å². The summed E-state index contributed by atoms with van der Waals surface area (Å²) in [5.74, 6) is -5.59. The standard InChI is InChI=1S/C24H19Cl2F3N2O3/c1-24(28,29)12-34-20-11-13(15-10-14(22(30)32)6-8-16(15)25)7-9-19(20)31(2)23(33)21-17(26)4-3-5-18(21)27/h3-11H,12H2,1-2H3,(H2,30,32). The van der Waals surface area contributed by atoms with Gasteiger partial charge in [0.15, 0.2) is 6.61 Å². The van der Waals surface area contributed by atoms with Crippen LogP contribution in [0.2, 0.25) is 10.0 Å². The highest BCUT2D eigenvalue weighted by Crippen LogP contribution is 2.37. The summed E-state index contributed by atoms with van der Waals surface area (Å²) in [4.78, 5) is 25.6. The molecule has 5 nitrogen and oxygen atoms in total. The Morgan fingerprint density at radius 3 is 2.38 bits per heavy atom. The molecule has 0 aliphatic heterocycles. The first kappa shape index (κ1) is 25.4. The second-order valence-electron chi connectivity index (χ2n) is 7.56. The van der Waals surface area contributed by atoms with Gasteiger partial charge in [-0.2, -0.15) is 0 Å². The Labute approximate surface area is 203 Å². The van der Waals surface area contributed by atoms with E-state index in [9.17, 15) is 22.8 Å². The summed E-state index contributed by atoms with van der Waals surface area (Å²) in [6, 6.07) is 12.5. The molecule has 10 heteroatoms. The van der Waals surface area contributed by atoms with E-state index in [2.05, 4.69) is 0 Å². The summed E-state index contributed by atoms with van der Waals surface area (Å²) in [7, 11) is 1.33. The smallest absolute Gasteiger partial charge is 0.278 e. The molecule has 0 radical (unpaired) electrons. The fraction of sp³-hybridized carbons (Fsp3) is 0.167. The van der Waals surface area contributed by atoms with Gasteiger partial charge in [0, 0.05) is 30.1 Å². The molecule has 0 bridgehead atoms. The molecule has 0 fully saturated rings. The highest BCUT2D eigenvalue weighted by Gasteiger charge is 2.26. The number of carbonyl (C=O) groups is 2. The van der Waals surface area contributed by atoms with Gasteiger partial charge in [0.05, 0.1) is 16.3 Å². The Kier molecular flexibility index (Phi) is 7.43. The predicted octanol–water partition coefficient (Wildman–Crippen LogP) is 6.21. The third-order valence-corrected chi connectivity index (χ3v) is 5.49. The molecule has 0 unspecified atom stereocenters. The predicted molar refractivity (Wildman–Crippen MR) is 126 cm³/mol. The lowest BCUT2D eigenvalue weighted by Crippen LogP contribution is -2.29. The van der Waals surface area contributed by atoms with Crippen molar-refractivity contribution in [3.05, 3.63) is 81.6 Å². The Morgan fingerprint density at radius 2 is 1.76 bits per heavy atom. The summed E-state index contributed by atoms with van der Waals surface area (Å²) in [6.45, 7) is -0.307. The number of ether oxygens (including phenoxy) is 1. The number of hydrogen-bond acceptors (Lipinski definition) is 3. The van der Waals surface area contributed by atoms with Gasteiger partial charge in [0.2, 0.25) is 5.91 Å². The van der Waals surface area contributed by atoms with Gasteiger partial charge in [-0.25, -0.2) is 13.2 Å². The zero-order valence-electron chi connectivity index (χ0n) is 18.0. The quantitative estimate of drug-likeness (QED) is 0.410. The van der Waals surface area contributed by atoms with Gasteiger partial charge in [-0.15, -0.1) is 0 Å². The lowest BCUT2D eigenvalue weighted by Gasteiger charge is -2.23. The van der Waals surface area contributed by atoms with Crippen molar-refractivity contribution in [1.29, 1.82) is 0 Å². The maximum atomic E-state index is 14.3. The van der Waals surface area contributed by atoms with Gasteiger partial charge in [0.1, 0.15) is 11.6 Å². The number of alkyl halides is 2. The van der Waals surface area contributed by atoms with Gasteiger partial charge in [-0.1, -0.05) is 35.3 Å². The second-order valence-corrected chi connectivity index (χ2v) is 8.38. The van der Waals surface area contributed by atoms with E-state index in [0.717, 1.165) is 11.0 Å². The van der Waals surface area contributed by atoms with E-state index in [1.54, 1.807) is 6.07 Å². The molecule has 0 aliphatic carbocycles.